The molecule has 0 aliphatic rings. The quantitative estimate of drug-likeness (QED) is 0.856. The minimum atomic E-state index is -3.49. The molecular weight excluding hydrogens is 262 g/mol. The Kier molecular flexibility index (Phi) is 5.34. The number of anilines is 1. The van der Waals surface area contributed by atoms with Crippen molar-refractivity contribution in [1.82, 2.24) is 4.31 Å². The van der Waals surface area contributed by atoms with E-state index in [1.54, 1.807) is 14.1 Å². The molecule has 0 amide bonds. The van der Waals surface area contributed by atoms with Gasteiger partial charge in [-0.2, -0.15) is 12.7 Å². The average molecular weight is 285 g/mol. The van der Waals surface area contributed by atoms with Gasteiger partial charge in [-0.1, -0.05) is 17.7 Å². The molecule has 1 aromatic carbocycles. The van der Waals surface area contributed by atoms with E-state index in [4.69, 9.17) is 5.73 Å². The summed E-state index contributed by atoms with van der Waals surface area (Å²) in [6, 6.07) is 5.72. The molecule has 2 N–H and O–H groups in total. The minimum Gasteiger partial charge on any atom is -0.330 e. The Morgan fingerprint density at radius 3 is 2.37 bits per heavy atom. The van der Waals surface area contributed by atoms with Gasteiger partial charge in [-0.15, -0.1) is 0 Å². The van der Waals surface area contributed by atoms with E-state index in [0.29, 0.717) is 25.2 Å². The number of rotatable bonds is 6. The van der Waals surface area contributed by atoms with E-state index in [2.05, 4.69) is 0 Å². The van der Waals surface area contributed by atoms with Gasteiger partial charge in [0.05, 0.1) is 5.69 Å². The van der Waals surface area contributed by atoms with Crippen molar-refractivity contribution in [1.29, 1.82) is 0 Å². The lowest BCUT2D eigenvalue weighted by molar-refractivity contribution is 0.462. The van der Waals surface area contributed by atoms with Crippen LogP contribution >= 0.6 is 0 Å². The normalized spacial score (nSPS) is 11.9. The highest BCUT2D eigenvalue weighted by Crippen LogP contribution is 2.23. The molecule has 0 fully saturated rings. The zero-order valence-corrected chi connectivity index (χ0v) is 12.9. The Labute approximate surface area is 116 Å². The van der Waals surface area contributed by atoms with E-state index in [1.807, 2.05) is 32.0 Å². The summed E-state index contributed by atoms with van der Waals surface area (Å²) in [6.07, 6.45) is 0.649. The maximum absolute atomic E-state index is 12.4. The number of aryl methyl sites for hydroxylation is 2. The van der Waals surface area contributed by atoms with Crippen LogP contribution in [0.15, 0.2) is 18.2 Å². The van der Waals surface area contributed by atoms with Crippen molar-refractivity contribution in [2.24, 2.45) is 5.73 Å². The summed E-state index contributed by atoms with van der Waals surface area (Å²) in [5.74, 6) is 0. The van der Waals surface area contributed by atoms with Crippen LogP contribution in [0.1, 0.15) is 17.5 Å². The van der Waals surface area contributed by atoms with Gasteiger partial charge < -0.3 is 5.73 Å². The van der Waals surface area contributed by atoms with Gasteiger partial charge in [0.1, 0.15) is 0 Å². The second-order valence-electron chi connectivity index (χ2n) is 4.73. The topological polar surface area (TPSA) is 66.6 Å². The highest BCUT2D eigenvalue weighted by Gasteiger charge is 2.24. The van der Waals surface area contributed by atoms with Crippen LogP contribution in [0.25, 0.3) is 0 Å². The molecule has 6 heteroatoms. The molecule has 19 heavy (non-hydrogen) atoms. The summed E-state index contributed by atoms with van der Waals surface area (Å²) >= 11 is 0. The van der Waals surface area contributed by atoms with Crippen LogP contribution in [0.4, 0.5) is 5.69 Å². The molecule has 0 bridgehead atoms. The van der Waals surface area contributed by atoms with Crippen LogP contribution in [0.5, 0.6) is 0 Å². The lowest BCUT2D eigenvalue weighted by Gasteiger charge is -2.27. The van der Waals surface area contributed by atoms with Crippen LogP contribution < -0.4 is 10.0 Å². The van der Waals surface area contributed by atoms with Crippen molar-refractivity contribution in [3.05, 3.63) is 29.3 Å². The molecule has 1 aromatic rings. The van der Waals surface area contributed by atoms with Crippen molar-refractivity contribution < 1.29 is 8.42 Å². The summed E-state index contributed by atoms with van der Waals surface area (Å²) < 4.78 is 27.4. The molecule has 5 nitrogen and oxygen atoms in total. The molecule has 0 saturated heterocycles. The Morgan fingerprint density at radius 1 is 1.21 bits per heavy atom. The van der Waals surface area contributed by atoms with E-state index >= 15 is 0 Å². The van der Waals surface area contributed by atoms with E-state index in [0.717, 1.165) is 11.1 Å². The summed E-state index contributed by atoms with van der Waals surface area (Å²) in [6.45, 7) is 4.80. The van der Waals surface area contributed by atoms with Crippen LogP contribution in [-0.4, -0.2) is 39.9 Å². The van der Waals surface area contributed by atoms with Gasteiger partial charge >= 0.3 is 10.2 Å². The van der Waals surface area contributed by atoms with Crippen molar-refractivity contribution in [3.8, 4) is 0 Å². The molecule has 0 heterocycles. The minimum absolute atomic E-state index is 0.425. The standard InChI is InChI=1S/C13H23N3O2S/c1-11-6-7-13(12(2)10-11)16(4)19(17,18)15(3)9-5-8-14/h6-7,10H,5,8-9,14H2,1-4H3. The number of hydrogen-bond acceptors (Lipinski definition) is 3. The third-order valence-corrected chi connectivity index (χ3v) is 4.97. The number of nitrogens with zero attached hydrogens (tertiary/aromatic N) is 2. The molecule has 0 radical (unpaired) electrons. The zero-order chi connectivity index (χ0) is 14.6. The molecule has 0 aliphatic carbocycles. The zero-order valence-electron chi connectivity index (χ0n) is 12.0. The predicted molar refractivity (Wildman–Crippen MR) is 79.5 cm³/mol. The molecule has 108 valence electrons. The second kappa shape index (κ2) is 6.36. The SMILES string of the molecule is Cc1ccc(N(C)S(=O)(=O)N(C)CCCN)c(C)c1. The highest BCUT2D eigenvalue weighted by atomic mass is 32.2. The molecular formula is C13H23N3O2S. The maximum atomic E-state index is 12.4. The van der Waals surface area contributed by atoms with Crippen LogP contribution in [0.2, 0.25) is 0 Å². The average Bonchev–Trinajstić information content (AvgIpc) is 2.35. The van der Waals surface area contributed by atoms with Gasteiger partial charge in [-0.3, -0.25) is 4.31 Å². The van der Waals surface area contributed by atoms with E-state index in [-0.39, 0.29) is 0 Å². The molecule has 0 aliphatic heterocycles. The predicted octanol–water partition coefficient (Wildman–Crippen LogP) is 1.27. The molecule has 0 aromatic heterocycles. The van der Waals surface area contributed by atoms with Crippen LogP contribution in [0.3, 0.4) is 0 Å². The first-order valence-electron chi connectivity index (χ1n) is 6.28. The first kappa shape index (κ1) is 15.9. The fraction of sp³-hybridized carbons (Fsp3) is 0.538. The largest absolute Gasteiger partial charge is 0.330 e. The second-order valence-corrected chi connectivity index (χ2v) is 6.80. The Bertz CT molecular complexity index is 529. The number of benzene rings is 1. The van der Waals surface area contributed by atoms with Gasteiger partial charge in [0.25, 0.3) is 0 Å². The van der Waals surface area contributed by atoms with E-state index in [1.165, 1.54) is 8.61 Å². The first-order chi connectivity index (χ1) is 8.80. The van der Waals surface area contributed by atoms with E-state index in [9.17, 15) is 8.42 Å². The Balaban J connectivity index is 3.00. The lowest BCUT2D eigenvalue weighted by atomic mass is 10.1. The van der Waals surface area contributed by atoms with Crippen molar-refractivity contribution in [2.45, 2.75) is 20.3 Å². The molecule has 1 rings (SSSR count). The fourth-order valence-electron chi connectivity index (χ4n) is 1.92. The van der Waals surface area contributed by atoms with Crippen LogP contribution in [-0.2, 0) is 10.2 Å². The Hall–Kier alpha value is -1.11. The molecule has 0 saturated carbocycles. The summed E-state index contributed by atoms with van der Waals surface area (Å²) in [5.41, 5.74) is 8.17. The maximum Gasteiger partial charge on any atom is 0.303 e. The first-order valence-corrected chi connectivity index (χ1v) is 7.68. The summed E-state index contributed by atoms with van der Waals surface area (Å²) in [4.78, 5) is 0. The molecule has 0 unspecified atom stereocenters. The molecule has 0 spiro atoms. The summed E-state index contributed by atoms with van der Waals surface area (Å²) in [7, 11) is -0.339. The van der Waals surface area contributed by atoms with Crippen molar-refractivity contribution in [3.63, 3.8) is 0 Å². The smallest absolute Gasteiger partial charge is 0.303 e. The number of nitrogens with two attached hydrogens (primary N) is 1. The van der Waals surface area contributed by atoms with Gasteiger partial charge in [-0.05, 0) is 38.4 Å². The monoisotopic (exact) mass is 285 g/mol. The third-order valence-electron chi connectivity index (χ3n) is 3.11. The van der Waals surface area contributed by atoms with Crippen molar-refractivity contribution in [2.75, 3.05) is 31.5 Å². The van der Waals surface area contributed by atoms with E-state index < -0.39 is 10.2 Å². The van der Waals surface area contributed by atoms with Gasteiger partial charge in [-0.25, -0.2) is 0 Å². The lowest BCUT2D eigenvalue weighted by Crippen LogP contribution is -2.40. The van der Waals surface area contributed by atoms with Crippen LogP contribution in [0, 0.1) is 13.8 Å². The number of hydrogen-bond donors (Lipinski definition) is 1. The highest BCUT2D eigenvalue weighted by molar-refractivity contribution is 7.90. The summed E-state index contributed by atoms with van der Waals surface area (Å²) in [5, 5.41) is 0. The third kappa shape index (κ3) is 3.68. The Morgan fingerprint density at radius 2 is 1.84 bits per heavy atom. The van der Waals surface area contributed by atoms with Crippen molar-refractivity contribution >= 4 is 15.9 Å². The van der Waals surface area contributed by atoms with Gasteiger partial charge in [0.15, 0.2) is 0 Å². The fourth-order valence-corrected chi connectivity index (χ4v) is 3.15. The van der Waals surface area contributed by atoms with Gasteiger partial charge in [0.2, 0.25) is 0 Å². The van der Waals surface area contributed by atoms with Gasteiger partial charge in [0, 0.05) is 20.6 Å². The molecule has 0 atom stereocenters.